The van der Waals surface area contributed by atoms with Crippen molar-refractivity contribution in [2.75, 3.05) is 24.2 Å². The van der Waals surface area contributed by atoms with E-state index in [1.807, 2.05) is 44.2 Å². The van der Waals surface area contributed by atoms with Gasteiger partial charge >= 0.3 is 0 Å². The highest BCUT2D eigenvalue weighted by molar-refractivity contribution is 7.92. The van der Waals surface area contributed by atoms with Crippen molar-refractivity contribution in [3.8, 4) is 5.75 Å². The van der Waals surface area contributed by atoms with Gasteiger partial charge < -0.3 is 15.0 Å². The fraction of sp³-hybridized carbons (Fsp3) is 0.333. The SMILES string of the molecule is CC[C@@H](C)NC(=O)[C@H](Cc1ccccc1)N(Cc1ccc(Cl)cc1)C(=O)CN(c1cccc(OC)c1)S(C)(=O)=O. The van der Waals surface area contributed by atoms with Crippen LogP contribution in [0, 0.1) is 0 Å². The molecule has 0 spiro atoms. The predicted molar refractivity (Wildman–Crippen MR) is 159 cm³/mol. The first-order valence-electron chi connectivity index (χ1n) is 13.0. The third kappa shape index (κ3) is 8.72. The fourth-order valence-corrected chi connectivity index (χ4v) is 5.13. The Morgan fingerprint density at radius 3 is 2.25 bits per heavy atom. The lowest BCUT2D eigenvalue weighted by Gasteiger charge is -2.34. The summed E-state index contributed by atoms with van der Waals surface area (Å²) in [7, 11) is -2.39. The molecule has 214 valence electrons. The van der Waals surface area contributed by atoms with Gasteiger partial charge in [0, 0.05) is 30.1 Å². The van der Waals surface area contributed by atoms with E-state index in [9.17, 15) is 18.0 Å². The first-order valence-corrected chi connectivity index (χ1v) is 15.2. The van der Waals surface area contributed by atoms with Crippen LogP contribution >= 0.6 is 11.6 Å². The van der Waals surface area contributed by atoms with E-state index in [1.165, 1.54) is 12.0 Å². The lowest BCUT2D eigenvalue weighted by Crippen LogP contribution is -2.54. The number of halogens is 1. The van der Waals surface area contributed by atoms with E-state index >= 15 is 0 Å². The van der Waals surface area contributed by atoms with Crippen LogP contribution < -0.4 is 14.4 Å². The zero-order chi connectivity index (χ0) is 29.3. The summed E-state index contributed by atoms with van der Waals surface area (Å²) in [5, 5.41) is 3.55. The van der Waals surface area contributed by atoms with Gasteiger partial charge in [0.2, 0.25) is 21.8 Å². The molecule has 8 nitrogen and oxygen atoms in total. The number of nitrogens with zero attached hydrogens (tertiary/aromatic N) is 2. The molecular formula is C30H36ClN3O5S. The summed E-state index contributed by atoms with van der Waals surface area (Å²) in [6, 6.07) is 21.9. The van der Waals surface area contributed by atoms with Crippen LogP contribution in [0.5, 0.6) is 5.75 Å². The van der Waals surface area contributed by atoms with Crippen LogP contribution in [0.15, 0.2) is 78.9 Å². The zero-order valence-corrected chi connectivity index (χ0v) is 24.8. The van der Waals surface area contributed by atoms with Crippen molar-refractivity contribution < 1.29 is 22.7 Å². The van der Waals surface area contributed by atoms with Gasteiger partial charge in [0.15, 0.2) is 0 Å². The number of hydrogen-bond acceptors (Lipinski definition) is 5. The number of rotatable bonds is 13. The number of anilines is 1. The molecule has 0 saturated heterocycles. The van der Waals surface area contributed by atoms with Crippen molar-refractivity contribution in [3.63, 3.8) is 0 Å². The molecule has 2 amide bonds. The molecule has 3 rings (SSSR count). The molecule has 0 saturated carbocycles. The average Bonchev–Trinajstić information content (AvgIpc) is 2.94. The summed E-state index contributed by atoms with van der Waals surface area (Å²) in [6.45, 7) is 3.45. The Bertz CT molecular complexity index is 1380. The molecule has 2 atom stereocenters. The Kier molecular flexibility index (Phi) is 11.0. The molecule has 0 aliphatic carbocycles. The van der Waals surface area contributed by atoms with Crippen LogP contribution in [0.1, 0.15) is 31.4 Å². The quantitative estimate of drug-likeness (QED) is 0.314. The number of methoxy groups -OCH3 is 1. The summed E-state index contributed by atoms with van der Waals surface area (Å²) in [5.41, 5.74) is 1.90. The van der Waals surface area contributed by atoms with Gasteiger partial charge in [-0.05, 0) is 48.7 Å². The lowest BCUT2D eigenvalue weighted by atomic mass is 10.0. The molecule has 1 N–H and O–H groups in total. The number of carbonyl (C=O) groups excluding carboxylic acids is 2. The zero-order valence-electron chi connectivity index (χ0n) is 23.2. The van der Waals surface area contributed by atoms with Gasteiger partial charge in [-0.2, -0.15) is 0 Å². The smallest absolute Gasteiger partial charge is 0.244 e. The Labute approximate surface area is 241 Å². The van der Waals surface area contributed by atoms with Crippen LogP contribution in [-0.4, -0.2) is 57.1 Å². The molecule has 0 aromatic heterocycles. The van der Waals surface area contributed by atoms with E-state index in [2.05, 4.69) is 5.32 Å². The van der Waals surface area contributed by atoms with Crippen LogP contribution in [0.4, 0.5) is 5.69 Å². The van der Waals surface area contributed by atoms with Crippen molar-refractivity contribution in [1.29, 1.82) is 0 Å². The number of amides is 2. The van der Waals surface area contributed by atoms with Crippen molar-refractivity contribution >= 4 is 39.1 Å². The number of ether oxygens (including phenoxy) is 1. The molecule has 0 heterocycles. The summed E-state index contributed by atoms with van der Waals surface area (Å²) < 4.78 is 32.1. The number of benzene rings is 3. The minimum Gasteiger partial charge on any atom is -0.497 e. The number of sulfonamides is 1. The second-order valence-corrected chi connectivity index (χ2v) is 12.0. The maximum absolute atomic E-state index is 14.1. The van der Waals surface area contributed by atoms with Crippen LogP contribution in [0.3, 0.4) is 0 Å². The molecule has 0 fully saturated rings. The van der Waals surface area contributed by atoms with Crippen molar-refractivity contribution in [2.45, 2.75) is 45.3 Å². The van der Waals surface area contributed by atoms with Gasteiger partial charge in [0.25, 0.3) is 0 Å². The largest absolute Gasteiger partial charge is 0.497 e. The number of carbonyl (C=O) groups is 2. The third-order valence-corrected chi connectivity index (χ3v) is 7.95. The van der Waals surface area contributed by atoms with Crippen LogP contribution in [-0.2, 0) is 32.6 Å². The van der Waals surface area contributed by atoms with Gasteiger partial charge in [0.05, 0.1) is 19.1 Å². The third-order valence-electron chi connectivity index (χ3n) is 6.56. The standard InChI is InChI=1S/C30H36ClN3O5S/c1-5-22(2)32-30(36)28(18-23-10-7-6-8-11-23)33(20-24-14-16-25(31)17-15-24)29(35)21-34(40(4,37)38)26-12-9-13-27(19-26)39-3/h6-17,19,22,28H,5,18,20-21H2,1-4H3,(H,32,36)/t22-,28+/m1/s1. The van der Waals surface area contributed by atoms with E-state index < -0.39 is 28.5 Å². The van der Waals surface area contributed by atoms with E-state index in [1.54, 1.807) is 48.5 Å². The summed E-state index contributed by atoms with van der Waals surface area (Å²) in [4.78, 5) is 29.2. The molecule has 10 heteroatoms. The Morgan fingerprint density at radius 1 is 0.975 bits per heavy atom. The first-order chi connectivity index (χ1) is 19.0. The van der Waals surface area contributed by atoms with Crippen LogP contribution in [0.2, 0.25) is 5.02 Å². The second-order valence-electron chi connectivity index (χ2n) is 9.64. The van der Waals surface area contributed by atoms with E-state index in [0.717, 1.165) is 21.7 Å². The normalized spacial score (nSPS) is 12.7. The maximum atomic E-state index is 14.1. The molecule has 3 aromatic carbocycles. The molecule has 3 aromatic rings. The Hall–Kier alpha value is -3.56. The highest BCUT2D eigenvalue weighted by atomic mass is 35.5. The number of hydrogen-bond donors (Lipinski definition) is 1. The van der Waals surface area contributed by atoms with Crippen molar-refractivity contribution in [3.05, 3.63) is 95.0 Å². The van der Waals surface area contributed by atoms with E-state index in [4.69, 9.17) is 16.3 Å². The fourth-order valence-electron chi connectivity index (χ4n) is 4.16. The molecule has 0 aliphatic heterocycles. The lowest BCUT2D eigenvalue weighted by molar-refractivity contribution is -0.140. The van der Waals surface area contributed by atoms with E-state index in [-0.39, 0.29) is 30.6 Å². The molecule has 0 aliphatic rings. The second kappa shape index (κ2) is 14.2. The minimum atomic E-state index is -3.87. The van der Waals surface area contributed by atoms with Crippen molar-refractivity contribution in [2.24, 2.45) is 0 Å². The summed E-state index contributed by atoms with van der Waals surface area (Å²) in [6.07, 6.45) is 2.01. The molecule has 40 heavy (non-hydrogen) atoms. The Balaban J connectivity index is 2.06. The first kappa shape index (κ1) is 31.0. The van der Waals surface area contributed by atoms with Gasteiger partial charge in [-0.15, -0.1) is 0 Å². The predicted octanol–water partition coefficient (Wildman–Crippen LogP) is 4.67. The molecule has 0 radical (unpaired) electrons. The van der Waals surface area contributed by atoms with E-state index in [0.29, 0.717) is 17.2 Å². The van der Waals surface area contributed by atoms with Gasteiger partial charge in [0.1, 0.15) is 18.3 Å². The van der Waals surface area contributed by atoms with Gasteiger partial charge in [-0.25, -0.2) is 8.42 Å². The highest BCUT2D eigenvalue weighted by Crippen LogP contribution is 2.24. The average molecular weight is 586 g/mol. The summed E-state index contributed by atoms with van der Waals surface area (Å²) in [5.74, 6) is -0.386. The highest BCUT2D eigenvalue weighted by Gasteiger charge is 2.33. The van der Waals surface area contributed by atoms with Crippen molar-refractivity contribution in [1.82, 2.24) is 10.2 Å². The molecular weight excluding hydrogens is 550 g/mol. The van der Waals surface area contributed by atoms with Crippen LogP contribution in [0.25, 0.3) is 0 Å². The maximum Gasteiger partial charge on any atom is 0.244 e. The van der Waals surface area contributed by atoms with Gasteiger partial charge in [-0.3, -0.25) is 13.9 Å². The minimum absolute atomic E-state index is 0.0805. The monoisotopic (exact) mass is 585 g/mol. The summed E-state index contributed by atoms with van der Waals surface area (Å²) >= 11 is 6.09. The molecule has 0 bridgehead atoms. The Morgan fingerprint density at radius 2 is 1.65 bits per heavy atom. The molecule has 0 unspecified atom stereocenters. The van der Waals surface area contributed by atoms with Gasteiger partial charge in [-0.1, -0.05) is 67.1 Å². The topological polar surface area (TPSA) is 96.0 Å². The number of nitrogens with one attached hydrogen (secondary N) is 1.